The van der Waals surface area contributed by atoms with Crippen LogP contribution in [0.4, 0.5) is 16.2 Å². The lowest BCUT2D eigenvalue weighted by molar-refractivity contribution is 0.282. The van der Waals surface area contributed by atoms with Gasteiger partial charge in [-0.3, -0.25) is 9.30 Å². The zero-order valence-electron chi connectivity index (χ0n) is 16.0. The molecule has 1 aromatic carbocycles. The molecule has 0 amide bonds. The van der Waals surface area contributed by atoms with Crippen molar-refractivity contribution in [3.8, 4) is 0 Å². The minimum Gasteiger partial charge on any atom is -0.369 e. The van der Waals surface area contributed by atoms with E-state index in [0.717, 1.165) is 44.1 Å². The summed E-state index contributed by atoms with van der Waals surface area (Å²) in [4.78, 5) is 18.1. The van der Waals surface area contributed by atoms with E-state index in [1.165, 1.54) is 6.07 Å². The number of nitrogens with two attached hydrogens (primary N) is 1. The third-order valence-corrected chi connectivity index (χ3v) is 5.40. The van der Waals surface area contributed by atoms with Crippen molar-refractivity contribution in [3.63, 3.8) is 0 Å². The number of aromatic nitrogens is 4. The van der Waals surface area contributed by atoms with E-state index in [1.54, 1.807) is 10.5 Å². The van der Waals surface area contributed by atoms with Gasteiger partial charge in [0.2, 0.25) is 5.95 Å². The van der Waals surface area contributed by atoms with Gasteiger partial charge >= 0.3 is 0 Å². The molecule has 4 aromatic rings. The van der Waals surface area contributed by atoms with Crippen LogP contribution in [0.2, 0.25) is 0 Å². The minimum absolute atomic E-state index is 0.244. The highest BCUT2D eigenvalue weighted by Crippen LogP contribution is 2.23. The second-order valence-corrected chi connectivity index (χ2v) is 7.34. The number of hydrogen-bond acceptors (Lipinski definition) is 6. The lowest BCUT2D eigenvalue weighted by Gasteiger charge is -2.22. The molecule has 7 nitrogen and oxygen atoms in total. The van der Waals surface area contributed by atoms with Crippen LogP contribution in [0.25, 0.3) is 16.6 Å². The molecule has 2 N–H and O–H groups in total. The summed E-state index contributed by atoms with van der Waals surface area (Å²) >= 11 is 0. The number of nitrogens with zero attached hydrogens (tertiary/aromatic N) is 6. The first-order chi connectivity index (χ1) is 14.2. The van der Waals surface area contributed by atoms with Crippen LogP contribution in [0, 0.1) is 5.82 Å². The predicted octanol–water partition coefficient (Wildman–Crippen LogP) is 2.71. The molecule has 148 valence electrons. The van der Waals surface area contributed by atoms with Crippen molar-refractivity contribution >= 4 is 28.3 Å². The van der Waals surface area contributed by atoms with Crippen molar-refractivity contribution in [1.82, 2.24) is 24.3 Å². The fourth-order valence-corrected chi connectivity index (χ4v) is 3.98. The van der Waals surface area contributed by atoms with E-state index < -0.39 is 0 Å². The molecule has 3 aromatic heterocycles. The largest absolute Gasteiger partial charge is 0.369 e. The van der Waals surface area contributed by atoms with Gasteiger partial charge in [-0.15, -0.1) is 0 Å². The lowest BCUT2D eigenvalue weighted by Crippen LogP contribution is -2.30. The molecule has 0 aliphatic carbocycles. The third-order valence-electron chi connectivity index (χ3n) is 5.40. The van der Waals surface area contributed by atoms with Crippen molar-refractivity contribution < 1.29 is 4.39 Å². The summed E-state index contributed by atoms with van der Waals surface area (Å²) in [5.74, 6) is 0.881. The molecular weight excluding hydrogens is 369 g/mol. The average molecular weight is 391 g/mol. The Morgan fingerprint density at radius 3 is 2.79 bits per heavy atom. The summed E-state index contributed by atoms with van der Waals surface area (Å²) < 4.78 is 15.9. The summed E-state index contributed by atoms with van der Waals surface area (Å²) in [7, 11) is 0. The fraction of sp³-hybridized carbons (Fsp3) is 0.286. The van der Waals surface area contributed by atoms with Gasteiger partial charge in [0.15, 0.2) is 0 Å². The number of fused-ring (bicyclic) bond motifs is 3. The molecule has 8 heteroatoms. The van der Waals surface area contributed by atoms with Crippen LogP contribution in [-0.2, 0) is 6.54 Å². The summed E-state index contributed by atoms with van der Waals surface area (Å²) in [5, 5.41) is 0.669. The van der Waals surface area contributed by atoms with Gasteiger partial charge in [0.25, 0.3) is 0 Å². The Hall–Kier alpha value is -3.26. The molecule has 4 heterocycles. The van der Waals surface area contributed by atoms with Gasteiger partial charge in [-0.05, 0) is 30.7 Å². The molecule has 1 fully saturated rings. The standard InChI is InChI=1S/C21H22FN7/c22-17-6-3-5-16-19(17)26-21(23)29-14-15(25-20(16)29)13-27-9-4-10-28(12-11-27)18-7-1-2-8-24-18/h1-3,5-8,14H,4,9-13H2,(H2,23,26). The molecule has 5 rings (SSSR count). The molecule has 0 spiro atoms. The highest BCUT2D eigenvalue weighted by atomic mass is 19.1. The number of para-hydroxylation sites is 1. The van der Waals surface area contributed by atoms with Gasteiger partial charge in [-0.1, -0.05) is 12.1 Å². The first kappa shape index (κ1) is 17.8. The maximum Gasteiger partial charge on any atom is 0.206 e. The number of hydrogen-bond donors (Lipinski definition) is 1. The van der Waals surface area contributed by atoms with Crippen LogP contribution in [-0.4, -0.2) is 50.4 Å². The van der Waals surface area contributed by atoms with Gasteiger partial charge in [-0.25, -0.2) is 19.3 Å². The zero-order valence-corrected chi connectivity index (χ0v) is 16.0. The molecule has 0 unspecified atom stereocenters. The van der Waals surface area contributed by atoms with Crippen LogP contribution < -0.4 is 10.6 Å². The van der Waals surface area contributed by atoms with Gasteiger partial charge < -0.3 is 10.6 Å². The second-order valence-electron chi connectivity index (χ2n) is 7.34. The molecule has 29 heavy (non-hydrogen) atoms. The molecule has 1 aliphatic heterocycles. The van der Waals surface area contributed by atoms with E-state index in [1.807, 2.05) is 30.6 Å². The maximum atomic E-state index is 14.1. The molecule has 1 aliphatic rings. The molecule has 0 radical (unpaired) electrons. The topological polar surface area (TPSA) is 75.6 Å². The first-order valence-electron chi connectivity index (χ1n) is 9.79. The summed E-state index contributed by atoms with van der Waals surface area (Å²) in [6.45, 7) is 4.53. The average Bonchev–Trinajstić information content (AvgIpc) is 3.02. The van der Waals surface area contributed by atoms with Gasteiger partial charge in [0.05, 0.1) is 5.69 Å². The van der Waals surface area contributed by atoms with Crippen LogP contribution in [0.5, 0.6) is 0 Å². The van der Waals surface area contributed by atoms with Gasteiger partial charge in [0, 0.05) is 50.5 Å². The molecule has 0 bridgehead atoms. The van der Waals surface area contributed by atoms with E-state index >= 15 is 0 Å². The lowest BCUT2D eigenvalue weighted by atomic mass is 10.2. The number of nitrogen functional groups attached to an aromatic ring is 1. The monoisotopic (exact) mass is 391 g/mol. The zero-order chi connectivity index (χ0) is 19.8. The molecular formula is C21H22FN7. The number of imidazole rings is 1. The molecule has 1 saturated heterocycles. The van der Waals surface area contributed by atoms with Crippen molar-refractivity contribution in [3.05, 3.63) is 60.3 Å². The molecule has 0 saturated carbocycles. The van der Waals surface area contributed by atoms with Crippen LogP contribution in [0.15, 0.2) is 48.8 Å². The quantitative estimate of drug-likeness (QED) is 0.579. The van der Waals surface area contributed by atoms with E-state index in [4.69, 9.17) is 10.7 Å². The fourth-order valence-electron chi connectivity index (χ4n) is 3.98. The summed E-state index contributed by atoms with van der Waals surface area (Å²) in [6, 6.07) is 10.9. The highest BCUT2D eigenvalue weighted by molar-refractivity contribution is 5.92. The Morgan fingerprint density at radius 2 is 1.93 bits per heavy atom. The van der Waals surface area contributed by atoms with Crippen LogP contribution >= 0.6 is 0 Å². The number of benzene rings is 1. The Balaban J connectivity index is 1.39. The van der Waals surface area contributed by atoms with E-state index in [0.29, 0.717) is 17.6 Å². The van der Waals surface area contributed by atoms with Crippen molar-refractivity contribution in [2.24, 2.45) is 0 Å². The van der Waals surface area contributed by atoms with Gasteiger partial charge in [0.1, 0.15) is 22.8 Å². The minimum atomic E-state index is -0.386. The molecule has 0 atom stereocenters. The Kier molecular flexibility index (Phi) is 4.48. The van der Waals surface area contributed by atoms with Crippen LogP contribution in [0.3, 0.4) is 0 Å². The maximum absolute atomic E-state index is 14.1. The van der Waals surface area contributed by atoms with E-state index in [2.05, 4.69) is 25.8 Å². The van der Waals surface area contributed by atoms with E-state index in [9.17, 15) is 4.39 Å². The summed E-state index contributed by atoms with van der Waals surface area (Å²) in [5.41, 5.74) is 7.87. The first-order valence-corrected chi connectivity index (χ1v) is 9.79. The van der Waals surface area contributed by atoms with Crippen molar-refractivity contribution in [1.29, 1.82) is 0 Å². The number of pyridine rings is 1. The van der Waals surface area contributed by atoms with Crippen molar-refractivity contribution in [2.45, 2.75) is 13.0 Å². The second kappa shape index (κ2) is 7.29. The Labute approximate surface area is 167 Å². The number of halogens is 1. The predicted molar refractivity (Wildman–Crippen MR) is 111 cm³/mol. The number of rotatable bonds is 3. The van der Waals surface area contributed by atoms with Crippen LogP contribution in [0.1, 0.15) is 12.1 Å². The normalized spacial score (nSPS) is 15.8. The SMILES string of the molecule is Nc1nc2c(F)cccc2c2nc(CN3CCCN(c4ccccn4)CC3)cn12. The number of anilines is 2. The van der Waals surface area contributed by atoms with Gasteiger partial charge in [-0.2, -0.15) is 0 Å². The smallest absolute Gasteiger partial charge is 0.206 e. The highest BCUT2D eigenvalue weighted by Gasteiger charge is 2.18. The van der Waals surface area contributed by atoms with Crippen molar-refractivity contribution in [2.75, 3.05) is 36.8 Å². The third kappa shape index (κ3) is 3.36. The van der Waals surface area contributed by atoms with E-state index in [-0.39, 0.29) is 17.3 Å². The Morgan fingerprint density at radius 1 is 1.00 bits per heavy atom. The summed E-state index contributed by atoms with van der Waals surface area (Å²) in [6.07, 6.45) is 4.80. The Bertz CT molecular complexity index is 1160.